The molecule has 1 unspecified atom stereocenters. The van der Waals surface area contributed by atoms with Gasteiger partial charge in [0.05, 0.1) is 0 Å². The van der Waals surface area contributed by atoms with Crippen LogP contribution in [0, 0.1) is 0 Å². The van der Waals surface area contributed by atoms with Crippen LogP contribution in [0.15, 0.2) is 24.3 Å². The molecule has 1 aromatic rings. The normalized spacial score (nSPS) is 12.2. The van der Waals surface area contributed by atoms with Gasteiger partial charge in [0, 0.05) is 17.5 Å². The summed E-state index contributed by atoms with van der Waals surface area (Å²) in [7, 11) is 0. The maximum Gasteiger partial charge on any atom is 0.251 e. The first-order valence-electron chi connectivity index (χ1n) is 5.62. The smallest absolute Gasteiger partial charge is 0.251 e. The van der Waals surface area contributed by atoms with E-state index in [1.54, 1.807) is 11.8 Å². The molecule has 0 aliphatic heterocycles. The number of halogens is 1. The highest BCUT2D eigenvalue weighted by Gasteiger charge is 2.09. The Hall–Kier alpha value is -0.670. The van der Waals surface area contributed by atoms with E-state index in [0.29, 0.717) is 11.4 Å². The van der Waals surface area contributed by atoms with Crippen molar-refractivity contribution in [2.45, 2.75) is 25.3 Å². The van der Waals surface area contributed by atoms with E-state index < -0.39 is 0 Å². The molecular weight excluding hydrogens is 254 g/mol. The van der Waals surface area contributed by atoms with Gasteiger partial charge in [-0.2, -0.15) is 11.8 Å². The molecule has 1 amide bonds. The largest absolute Gasteiger partial charge is 0.350 e. The molecule has 17 heavy (non-hydrogen) atoms. The molecule has 0 radical (unpaired) electrons. The van der Waals surface area contributed by atoms with Crippen LogP contribution < -0.4 is 5.32 Å². The summed E-state index contributed by atoms with van der Waals surface area (Å²) in [5, 5.41) is 2.98. The van der Waals surface area contributed by atoms with E-state index in [2.05, 4.69) is 11.6 Å². The van der Waals surface area contributed by atoms with Gasteiger partial charge < -0.3 is 5.32 Å². The van der Waals surface area contributed by atoms with Crippen LogP contribution in [0.4, 0.5) is 0 Å². The van der Waals surface area contributed by atoms with Crippen molar-refractivity contribution < 1.29 is 4.79 Å². The third-order valence-electron chi connectivity index (χ3n) is 2.50. The van der Waals surface area contributed by atoms with Gasteiger partial charge in [-0.25, -0.2) is 0 Å². The zero-order valence-electron chi connectivity index (χ0n) is 10.2. The zero-order chi connectivity index (χ0) is 12.7. The van der Waals surface area contributed by atoms with Gasteiger partial charge in [-0.05, 0) is 43.0 Å². The average Bonchev–Trinajstić information content (AvgIpc) is 2.36. The van der Waals surface area contributed by atoms with Crippen molar-refractivity contribution in [1.29, 1.82) is 0 Å². The number of carbonyl (C=O) groups is 1. The third-order valence-corrected chi connectivity index (χ3v) is 3.46. The van der Waals surface area contributed by atoms with E-state index in [1.165, 1.54) is 0 Å². The standard InChI is InChI=1S/C13H18ClNOS/c1-10(7-8-17-2)15-13(16)12-5-3-11(9-14)4-6-12/h3-6,10H,7-9H2,1-2H3,(H,15,16). The van der Waals surface area contributed by atoms with Crippen molar-refractivity contribution in [2.24, 2.45) is 0 Å². The summed E-state index contributed by atoms with van der Waals surface area (Å²) in [5.74, 6) is 1.53. The Labute approximate surface area is 112 Å². The number of hydrogen-bond donors (Lipinski definition) is 1. The molecule has 0 saturated carbocycles. The molecule has 1 N–H and O–H groups in total. The minimum atomic E-state index is -0.0141. The van der Waals surface area contributed by atoms with Crippen LogP contribution in [0.25, 0.3) is 0 Å². The Bertz CT molecular complexity index is 353. The summed E-state index contributed by atoms with van der Waals surface area (Å²) in [6, 6.07) is 7.61. The fraction of sp³-hybridized carbons (Fsp3) is 0.462. The van der Waals surface area contributed by atoms with E-state index in [1.807, 2.05) is 31.2 Å². The van der Waals surface area contributed by atoms with Crippen molar-refractivity contribution in [3.63, 3.8) is 0 Å². The van der Waals surface area contributed by atoms with E-state index in [4.69, 9.17) is 11.6 Å². The van der Waals surface area contributed by atoms with Gasteiger partial charge in [-0.1, -0.05) is 12.1 Å². The second kappa shape index (κ2) is 7.62. The van der Waals surface area contributed by atoms with Crippen LogP contribution in [-0.4, -0.2) is 24.0 Å². The van der Waals surface area contributed by atoms with Crippen molar-refractivity contribution >= 4 is 29.3 Å². The number of benzene rings is 1. The number of hydrogen-bond acceptors (Lipinski definition) is 2. The van der Waals surface area contributed by atoms with Crippen LogP contribution in [0.1, 0.15) is 29.3 Å². The highest BCUT2D eigenvalue weighted by Crippen LogP contribution is 2.07. The highest BCUT2D eigenvalue weighted by molar-refractivity contribution is 7.98. The molecular formula is C13H18ClNOS. The first-order valence-corrected chi connectivity index (χ1v) is 7.55. The maximum absolute atomic E-state index is 11.9. The lowest BCUT2D eigenvalue weighted by molar-refractivity contribution is 0.0939. The molecule has 4 heteroatoms. The molecule has 2 nitrogen and oxygen atoms in total. The lowest BCUT2D eigenvalue weighted by atomic mass is 10.1. The topological polar surface area (TPSA) is 29.1 Å². The van der Waals surface area contributed by atoms with Crippen molar-refractivity contribution in [3.05, 3.63) is 35.4 Å². The van der Waals surface area contributed by atoms with E-state index in [0.717, 1.165) is 17.7 Å². The predicted molar refractivity (Wildman–Crippen MR) is 75.9 cm³/mol. The summed E-state index contributed by atoms with van der Waals surface area (Å²) < 4.78 is 0. The molecule has 1 atom stereocenters. The summed E-state index contributed by atoms with van der Waals surface area (Å²) in [6.07, 6.45) is 3.06. The fourth-order valence-corrected chi connectivity index (χ4v) is 2.19. The number of amides is 1. The Morgan fingerprint density at radius 3 is 2.59 bits per heavy atom. The Morgan fingerprint density at radius 1 is 1.41 bits per heavy atom. The molecule has 0 spiro atoms. The van der Waals surface area contributed by atoms with Crippen molar-refractivity contribution in [3.8, 4) is 0 Å². The van der Waals surface area contributed by atoms with Crippen molar-refractivity contribution in [2.75, 3.05) is 12.0 Å². The molecule has 1 aromatic carbocycles. The Balaban J connectivity index is 2.51. The molecule has 0 fully saturated rings. The fourth-order valence-electron chi connectivity index (χ4n) is 1.42. The van der Waals surface area contributed by atoms with Crippen LogP contribution in [0.2, 0.25) is 0 Å². The first-order chi connectivity index (χ1) is 8.17. The number of alkyl halides is 1. The van der Waals surface area contributed by atoms with Gasteiger partial charge in [0.25, 0.3) is 5.91 Å². The van der Waals surface area contributed by atoms with E-state index >= 15 is 0 Å². The Morgan fingerprint density at radius 2 is 2.06 bits per heavy atom. The molecule has 0 bridgehead atoms. The highest BCUT2D eigenvalue weighted by atomic mass is 35.5. The maximum atomic E-state index is 11.9. The quantitative estimate of drug-likeness (QED) is 0.805. The molecule has 0 saturated heterocycles. The van der Waals surface area contributed by atoms with Gasteiger partial charge in [0.15, 0.2) is 0 Å². The number of nitrogens with one attached hydrogen (secondary N) is 1. The SMILES string of the molecule is CSCCC(C)NC(=O)c1ccc(CCl)cc1. The zero-order valence-corrected chi connectivity index (χ0v) is 11.8. The summed E-state index contributed by atoms with van der Waals surface area (Å²) in [6.45, 7) is 2.03. The molecule has 0 heterocycles. The van der Waals surface area contributed by atoms with Gasteiger partial charge in [-0.3, -0.25) is 4.79 Å². The van der Waals surface area contributed by atoms with Crippen LogP contribution in [0.5, 0.6) is 0 Å². The third kappa shape index (κ3) is 5.00. The lowest BCUT2D eigenvalue weighted by Gasteiger charge is -2.13. The monoisotopic (exact) mass is 271 g/mol. The van der Waals surface area contributed by atoms with E-state index in [-0.39, 0.29) is 11.9 Å². The van der Waals surface area contributed by atoms with Crippen molar-refractivity contribution in [1.82, 2.24) is 5.32 Å². The molecule has 94 valence electrons. The summed E-state index contributed by atoms with van der Waals surface area (Å²) in [4.78, 5) is 11.9. The number of thioether (sulfide) groups is 1. The number of carbonyl (C=O) groups excluding carboxylic acids is 1. The minimum Gasteiger partial charge on any atom is -0.350 e. The van der Waals surface area contributed by atoms with Gasteiger partial charge >= 0.3 is 0 Å². The van der Waals surface area contributed by atoms with Crippen LogP contribution in [0.3, 0.4) is 0 Å². The Kier molecular flexibility index (Phi) is 6.45. The van der Waals surface area contributed by atoms with Gasteiger partial charge in [0.2, 0.25) is 0 Å². The lowest BCUT2D eigenvalue weighted by Crippen LogP contribution is -2.32. The molecule has 1 rings (SSSR count). The molecule has 0 aliphatic rings. The molecule has 0 aliphatic carbocycles. The van der Waals surface area contributed by atoms with E-state index in [9.17, 15) is 4.79 Å². The van der Waals surface area contributed by atoms with Gasteiger partial charge in [-0.15, -0.1) is 11.6 Å². The molecule has 0 aromatic heterocycles. The first kappa shape index (κ1) is 14.4. The van der Waals surface area contributed by atoms with Crippen LogP contribution >= 0.6 is 23.4 Å². The second-order valence-electron chi connectivity index (χ2n) is 3.99. The van der Waals surface area contributed by atoms with Crippen LogP contribution in [-0.2, 0) is 5.88 Å². The number of rotatable bonds is 6. The summed E-state index contributed by atoms with van der Waals surface area (Å²) in [5.41, 5.74) is 1.72. The average molecular weight is 272 g/mol. The predicted octanol–water partition coefficient (Wildman–Crippen LogP) is 3.30. The second-order valence-corrected chi connectivity index (χ2v) is 5.24. The minimum absolute atomic E-state index is 0.0141. The summed E-state index contributed by atoms with van der Waals surface area (Å²) >= 11 is 7.49. The van der Waals surface area contributed by atoms with Gasteiger partial charge in [0.1, 0.15) is 0 Å².